The fourth-order valence-corrected chi connectivity index (χ4v) is 4.16. The van der Waals surface area contributed by atoms with Gasteiger partial charge in [-0.15, -0.1) is 11.3 Å². The van der Waals surface area contributed by atoms with Crippen molar-refractivity contribution in [1.29, 1.82) is 0 Å². The molecule has 2 aromatic rings. The maximum atomic E-state index is 12.1. The number of carbonyl (C=O) groups excluding carboxylic acids is 1. The lowest BCUT2D eigenvalue weighted by atomic mass is 9.71. The van der Waals surface area contributed by atoms with E-state index in [4.69, 9.17) is 4.98 Å². The molecule has 1 aliphatic carbocycles. The van der Waals surface area contributed by atoms with Gasteiger partial charge in [0.2, 0.25) is 0 Å². The fourth-order valence-electron chi connectivity index (χ4n) is 3.23. The zero-order chi connectivity index (χ0) is 16.8. The van der Waals surface area contributed by atoms with Crippen LogP contribution in [0.3, 0.4) is 0 Å². The van der Waals surface area contributed by atoms with Crippen LogP contribution in [0, 0.1) is 11.3 Å². The first-order valence-electron chi connectivity index (χ1n) is 8.13. The summed E-state index contributed by atoms with van der Waals surface area (Å²) in [5, 5.41) is 3.84. The molecule has 3 nitrogen and oxygen atoms in total. The van der Waals surface area contributed by atoms with Gasteiger partial charge in [0.1, 0.15) is 4.83 Å². The van der Waals surface area contributed by atoms with Crippen molar-refractivity contribution in [2.75, 3.05) is 0 Å². The monoisotopic (exact) mass is 328 g/mol. The molecule has 0 fully saturated rings. The maximum absolute atomic E-state index is 12.1. The molecule has 2 heterocycles. The second kappa shape index (κ2) is 5.75. The van der Waals surface area contributed by atoms with Crippen molar-refractivity contribution < 1.29 is 4.79 Å². The van der Waals surface area contributed by atoms with Crippen molar-refractivity contribution in [2.24, 2.45) is 11.3 Å². The topological polar surface area (TPSA) is 42.0 Å². The number of aryl methyl sites for hydroxylation is 1. The summed E-state index contributed by atoms with van der Waals surface area (Å²) in [6.07, 6.45) is 3.33. The van der Waals surface area contributed by atoms with Crippen molar-refractivity contribution in [2.45, 2.75) is 47.0 Å². The minimum absolute atomic E-state index is 0.0916. The number of pyridine rings is 1. The van der Waals surface area contributed by atoms with Crippen LogP contribution in [0.4, 0.5) is 0 Å². The van der Waals surface area contributed by atoms with Gasteiger partial charge < -0.3 is 5.32 Å². The summed E-state index contributed by atoms with van der Waals surface area (Å²) < 4.78 is 0. The molecule has 0 radical (unpaired) electrons. The van der Waals surface area contributed by atoms with Gasteiger partial charge in [0.15, 0.2) is 0 Å². The van der Waals surface area contributed by atoms with Crippen LogP contribution < -0.4 is 5.32 Å². The number of amides is 1. The minimum Gasteiger partial charge on any atom is -0.326 e. The van der Waals surface area contributed by atoms with Gasteiger partial charge in [-0.2, -0.15) is 0 Å². The third kappa shape index (κ3) is 3.32. The number of hydrogen-bond acceptors (Lipinski definition) is 3. The van der Waals surface area contributed by atoms with Gasteiger partial charge in [0.05, 0.1) is 4.88 Å². The second-order valence-corrected chi connectivity index (χ2v) is 8.67. The molecule has 0 spiro atoms. The number of fused-ring (bicyclic) bond motifs is 2. The van der Waals surface area contributed by atoms with Gasteiger partial charge in [-0.3, -0.25) is 4.79 Å². The Labute approximate surface area is 141 Å². The molecule has 0 aromatic carbocycles. The number of allylic oxidation sites excluding steroid dienone is 1. The number of carbonyl (C=O) groups is 1. The van der Waals surface area contributed by atoms with Crippen molar-refractivity contribution in [3.05, 3.63) is 40.5 Å². The SMILES string of the molecule is C=C(C)NC(=O)c1cc2cc3c(nc2s1)CCC(C(C)(C)C)C3. The fraction of sp³-hybridized carbons (Fsp3) is 0.474. The van der Waals surface area contributed by atoms with Crippen LogP contribution in [0.2, 0.25) is 0 Å². The van der Waals surface area contributed by atoms with Crippen LogP contribution in [0.1, 0.15) is 55.0 Å². The van der Waals surface area contributed by atoms with Crippen molar-refractivity contribution in [3.8, 4) is 0 Å². The van der Waals surface area contributed by atoms with Gasteiger partial charge in [-0.25, -0.2) is 4.98 Å². The maximum Gasteiger partial charge on any atom is 0.265 e. The summed E-state index contributed by atoms with van der Waals surface area (Å²) >= 11 is 1.46. The number of nitrogens with one attached hydrogen (secondary N) is 1. The molecule has 4 heteroatoms. The van der Waals surface area contributed by atoms with Crippen LogP contribution in [0.25, 0.3) is 10.2 Å². The standard InChI is InChI=1S/C19H24N2OS/c1-11(2)20-17(22)16-10-13-8-12-9-14(19(3,4)5)6-7-15(12)21-18(13)23-16/h8,10,14H,1,6-7,9H2,2-5H3,(H,20,22). The summed E-state index contributed by atoms with van der Waals surface area (Å²) in [5.74, 6) is 0.602. The number of thiophene rings is 1. The molecule has 1 amide bonds. The van der Waals surface area contributed by atoms with Crippen LogP contribution in [-0.2, 0) is 12.8 Å². The van der Waals surface area contributed by atoms with E-state index in [0.717, 1.165) is 23.1 Å². The molecule has 2 aromatic heterocycles. The quantitative estimate of drug-likeness (QED) is 0.867. The normalized spacial score (nSPS) is 17.8. The summed E-state index contributed by atoms with van der Waals surface area (Å²) in [7, 11) is 0. The predicted octanol–water partition coefficient (Wildman–Crippen LogP) is 4.71. The molecule has 1 N–H and O–H groups in total. The smallest absolute Gasteiger partial charge is 0.265 e. The molecule has 23 heavy (non-hydrogen) atoms. The molecule has 1 atom stereocenters. The second-order valence-electron chi connectivity index (χ2n) is 7.64. The average molecular weight is 328 g/mol. The average Bonchev–Trinajstić information content (AvgIpc) is 2.85. The van der Waals surface area contributed by atoms with E-state index in [-0.39, 0.29) is 5.91 Å². The van der Waals surface area contributed by atoms with E-state index in [9.17, 15) is 4.79 Å². The Morgan fingerprint density at radius 2 is 2.13 bits per heavy atom. The predicted molar refractivity (Wildman–Crippen MR) is 96.9 cm³/mol. The first kappa shape index (κ1) is 16.2. The van der Waals surface area contributed by atoms with Gasteiger partial charge in [-0.05, 0) is 55.2 Å². The number of rotatable bonds is 2. The van der Waals surface area contributed by atoms with Crippen molar-refractivity contribution in [1.82, 2.24) is 10.3 Å². The highest BCUT2D eigenvalue weighted by molar-refractivity contribution is 7.20. The first-order chi connectivity index (χ1) is 10.7. The van der Waals surface area contributed by atoms with Gasteiger partial charge in [-0.1, -0.05) is 27.4 Å². The molecule has 0 saturated carbocycles. The third-order valence-electron chi connectivity index (χ3n) is 4.65. The highest BCUT2D eigenvalue weighted by atomic mass is 32.1. The Morgan fingerprint density at radius 1 is 1.39 bits per heavy atom. The molecule has 1 unspecified atom stereocenters. The minimum atomic E-state index is -0.0916. The largest absolute Gasteiger partial charge is 0.326 e. The van der Waals surface area contributed by atoms with Gasteiger partial charge >= 0.3 is 0 Å². The van der Waals surface area contributed by atoms with E-state index in [2.05, 4.69) is 38.7 Å². The molecule has 0 bridgehead atoms. The number of aromatic nitrogens is 1. The lowest BCUT2D eigenvalue weighted by Crippen LogP contribution is -2.27. The Balaban J connectivity index is 1.94. The Hall–Kier alpha value is -1.68. The van der Waals surface area contributed by atoms with Crippen LogP contribution >= 0.6 is 11.3 Å². The lowest BCUT2D eigenvalue weighted by molar-refractivity contribution is 0.0970. The summed E-state index contributed by atoms with van der Waals surface area (Å²) in [6, 6.07) is 4.19. The zero-order valence-electron chi connectivity index (χ0n) is 14.3. The molecule has 0 saturated heterocycles. The van der Waals surface area contributed by atoms with Crippen molar-refractivity contribution in [3.63, 3.8) is 0 Å². The molecular formula is C19H24N2OS. The van der Waals surface area contributed by atoms with Gasteiger partial charge in [0, 0.05) is 16.8 Å². The summed E-state index contributed by atoms with van der Waals surface area (Å²) in [5.41, 5.74) is 3.56. The first-order valence-corrected chi connectivity index (χ1v) is 8.95. The number of hydrogen-bond donors (Lipinski definition) is 1. The zero-order valence-corrected chi connectivity index (χ0v) is 15.1. The Kier molecular flexibility index (Phi) is 4.05. The molecule has 1 aliphatic rings. The van der Waals surface area contributed by atoms with E-state index in [1.807, 2.05) is 6.07 Å². The van der Waals surface area contributed by atoms with Gasteiger partial charge in [0.25, 0.3) is 5.91 Å². The van der Waals surface area contributed by atoms with E-state index in [0.29, 0.717) is 21.9 Å². The summed E-state index contributed by atoms with van der Waals surface area (Å²) in [4.78, 5) is 18.6. The number of nitrogens with zero attached hydrogens (tertiary/aromatic N) is 1. The van der Waals surface area contributed by atoms with Crippen molar-refractivity contribution >= 4 is 27.5 Å². The van der Waals surface area contributed by atoms with Crippen LogP contribution in [0.5, 0.6) is 0 Å². The molecule has 0 aliphatic heterocycles. The molecular weight excluding hydrogens is 304 g/mol. The van der Waals surface area contributed by atoms with E-state index in [1.54, 1.807) is 6.92 Å². The van der Waals surface area contributed by atoms with Crippen LogP contribution in [0.15, 0.2) is 24.4 Å². The van der Waals surface area contributed by atoms with E-state index >= 15 is 0 Å². The third-order valence-corrected chi connectivity index (χ3v) is 5.69. The lowest BCUT2D eigenvalue weighted by Gasteiger charge is -2.34. The summed E-state index contributed by atoms with van der Waals surface area (Å²) in [6.45, 7) is 12.5. The molecule has 3 rings (SSSR count). The highest BCUT2D eigenvalue weighted by Crippen LogP contribution is 2.38. The van der Waals surface area contributed by atoms with Crippen LogP contribution in [-0.4, -0.2) is 10.9 Å². The highest BCUT2D eigenvalue weighted by Gasteiger charge is 2.29. The molecule has 122 valence electrons. The van der Waals surface area contributed by atoms with E-state index in [1.165, 1.54) is 29.0 Å². The Bertz CT molecular complexity index is 782. The van der Waals surface area contributed by atoms with E-state index < -0.39 is 0 Å². The Morgan fingerprint density at radius 3 is 2.78 bits per heavy atom.